The highest BCUT2D eigenvalue weighted by atomic mass is 35.5. The zero-order chi connectivity index (χ0) is 25.8. The van der Waals surface area contributed by atoms with Gasteiger partial charge in [0.1, 0.15) is 12.0 Å². The highest BCUT2D eigenvalue weighted by Gasteiger charge is 2.47. The highest BCUT2D eigenvalue weighted by Crippen LogP contribution is 2.40. The third kappa shape index (κ3) is 4.51. The summed E-state index contributed by atoms with van der Waals surface area (Å²) in [7, 11) is 1.38. The van der Waals surface area contributed by atoms with Gasteiger partial charge in [-0.1, -0.05) is 11.6 Å². The van der Waals surface area contributed by atoms with Crippen LogP contribution in [0.3, 0.4) is 0 Å². The number of nitrogens with one attached hydrogen (secondary N) is 1. The number of aliphatic hydroxyl groups excluding tert-OH is 1. The Morgan fingerprint density at radius 2 is 2.06 bits per heavy atom. The SMILES string of the molecule is Cn1nc(C(F)(F)F)cc1Nc1ncc2cc(Cl)c(C3CCN(C4(C)COC[C@H]4O)CC3F)cc2n1. The van der Waals surface area contributed by atoms with Crippen molar-refractivity contribution in [2.45, 2.75) is 43.3 Å². The van der Waals surface area contributed by atoms with Crippen molar-refractivity contribution in [3.8, 4) is 0 Å². The molecule has 2 saturated heterocycles. The monoisotopic (exact) mass is 528 g/mol. The molecule has 2 fully saturated rings. The number of nitrogens with zero attached hydrogens (tertiary/aromatic N) is 5. The Kier molecular flexibility index (Phi) is 6.34. The van der Waals surface area contributed by atoms with E-state index in [0.29, 0.717) is 41.1 Å². The standard InChI is InChI=1S/C23H25ClF4N6O2/c1-22(11-36-10-19(22)35)34-4-3-13(16(25)9-34)14-6-17-12(5-15(14)24)8-29-21(30-17)31-20-7-18(23(26,27)28)32-33(20)2/h5-8,13,16,19,35H,3-4,9-11H2,1-2H3,(H,29,30,31)/t13?,16?,19-,22?/m1/s1. The lowest BCUT2D eigenvalue weighted by atomic mass is 9.84. The molecule has 194 valence electrons. The maximum absolute atomic E-state index is 15.5. The van der Waals surface area contributed by atoms with E-state index in [1.165, 1.54) is 13.2 Å². The number of piperidine rings is 1. The Bertz CT molecular complexity index is 1290. The van der Waals surface area contributed by atoms with Crippen molar-refractivity contribution in [2.75, 3.05) is 31.6 Å². The average Bonchev–Trinajstić information content (AvgIpc) is 3.36. The van der Waals surface area contributed by atoms with Crippen molar-refractivity contribution in [1.82, 2.24) is 24.6 Å². The predicted octanol–water partition coefficient (Wildman–Crippen LogP) is 4.06. The number of ether oxygens (including phenoxy) is 1. The molecule has 2 aliphatic rings. The van der Waals surface area contributed by atoms with E-state index in [1.807, 2.05) is 11.8 Å². The molecule has 13 heteroatoms. The summed E-state index contributed by atoms with van der Waals surface area (Å²) in [5, 5.41) is 17.6. The van der Waals surface area contributed by atoms with Crippen LogP contribution < -0.4 is 5.32 Å². The average molecular weight is 529 g/mol. The number of aromatic nitrogens is 4. The lowest BCUT2D eigenvalue weighted by Crippen LogP contribution is -2.58. The molecule has 0 bridgehead atoms. The second kappa shape index (κ2) is 9.09. The molecule has 8 nitrogen and oxygen atoms in total. The second-order valence-electron chi connectivity index (χ2n) is 9.53. The van der Waals surface area contributed by atoms with Crippen LogP contribution in [-0.4, -0.2) is 73.9 Å². The molecule has 5 rings (SSSR count). The van der Waals surface area contributed by atoms with Crippen molar-refractivity contribution in [2.24, 2.45) is 7.05 Å². The topological polar surface area (TPSA) is 88.3 Å². The van der Waals surface area contributed by atoms with Gasteiger partial charge in [0, 0.05) is 42.2 Å². The van der Waals surface area contributed by atoms with Crippen LogP contribution in [0, 0.1) is 0 Å². The molecule has 0 aliphatic carbocycles. The summed E-state index contributed by atoms with van der Waals surface area (Å²) in [4.78, 5) is 10.5. The summed E-state index contributed by atoms with van der Waals surface area (Å²) in [6, 6.07) is 4.24. The second-order valence-corrected chi connectivity index (χ2v) is 9.94. The van der Waals surface area contributed by atoms with Gasteiger partial charge in [-0.15, -0.1) is 0 Å². The van der Waals surface area contributed by atoms with E-state index >= 15 is 4.39 Å². The van der Waals surface area contributed by atoms with Gasteiger partial charge in [-0.3, -0.25) is 9.58 Å². The number of likely N-dealkylation sites (tertiary alicyclic amines) is 1. The van der Waals surface area contributed by atoms with E-state index in [2.05, 4.69) is 20.4 Å². The van der Waals surface area contributed by atoms with Crippen LogP contribution in [-0.2, 0) is 18.0 Å². The fourth-order valence-electron chi connectivity index (χ4n) is 4.92. The Morgan fingerprint density at radius 1 is 1.28 bits per heavy atom. The minimum atomic E-state index is -4.58. The maximum atomic E-state index is 15.5. The number of aliphatic hydroxyl groups is 1. The number of fused-ring (bicyclic) bond motifs is 1. The number of anilines is 2. The summed E-state index contributed by atoms with van der Waals surface area (Å²) in [6.45, 7) is 3.15. The Morgan fingerprint density at radius 3 is 2.69 bits per heavy atom. The lowest BCUT2D eigenvalue weighted by Gasteiger charge is -2.45. The quantitative estimate of drug-likeness (QED) is 0.494. The van der Waals surface area contributed by atoms with Crippen molar-refractivity contribution in [3.63, 3.8) is 0 Å². The van der Waals surface area contributed by atoms with Gasteiger partial charge in [0.25, 0.3) is 0 Å². The molecule has 2 aromatic heterocycles. The maximum Gasteiger partial charge on any atom is 0.435 e. The molecule has 2 aliphatic heterocycles. The molecule has 1 aromatic carbocycles. The van der Waals surface area contributed by atoms with E-state index in [1.54, 1.807) is 12.1 Å². The van der Waals surface area contributed by atoms with Crippen LogP contribution in [0.15, 0.2) is 24.4 Å². The van der Waals surface area contributed by atoms with Gasteiger partial charge < -0.3 is 15.2 Å². The van der Waals surface area contributed by atoms with Gasteiger partial charge in [0.15, 0.2) is 5.69 Å². The molecule has 3 aromatic rings. The van der Waals surface area contributed by atoms with Crippen molar-refractivity contribution in [3.05, 3.63) is 40.7 Å². The van der Waals surface area contributed by atoms with Crippen LogP contribution in [0.25, 0.3) is 10.9 Å². The van der Waals surface area contributed by atoms with Gasteiger partial charge in [0.05, 0.1) is 30.4 Å². The largest absolute Gasteiger partial charge is 0.435 e. The molecule has 3 unspecified atom stereocenters. The fraction of sp³-hybridized carbons (Fsp3) is 0.522. The Hall–Kier alpha value is -2.54. The molecule has 4 atom stereocenters. The number of halogens is 5. The van der Waals surface area contributed by atoms with Crippen molar-refractivity contribution < 1.29 is 27.4 Å². The predicted molar refractivity (Wildman–Crippen MR) is 125 cm³/mol. The van der Waals surface area contributed by atoms with Gasteiger partial charge in [-0.05, 0) is 37.6 Å². The van der Waals surface area contributed by atoms with Crippen LogP contribution in [0.2, 0.25) is 5.02 Å². The van der Waals surface area contributed by atoms with Crippen LogP contribution in [0.5, 0.6) is 0 Å². The number of hydrogen-bond acceptors (Lipinski definition) is 7. The number of alkyl halides is 4. The smallest absolute Gasteiger partial charge is 0.389 e. The number of hydrogen-bond donors (Lipinski definition) is 2. The minimum absolute atomic E-state index is 0.0682. The molecule has 36 heavy (non-hydrogen) atoms. The number of rotatable bonds is 4. The molecule has 4 heterocycles. The van der Waals surface area contributed by atoms with Crippen molar-refractivity contribution in [1.29, 1.82) is 0 Å². The Labute approximate surface area is 209 Å². The molecular formula is C23H25ClF4N6O2. The molecule has 0 spiro atoms. The zero-order valence-electron chi connectivity index (χ0n) is 19.6. The summed E-state index contributed by atoms with van der Waals surface area (Å²) >= 11 is 6.52. The van der Waals surface area contributed by atoms with Gasteiger partial charge in [0.2, 0.25) is 5.95 Å². The summed E-state index contributed by atoms with van der Waals surface area (Å²) in [6.07, 6.45) is -4.50. The summed E-state index contributed by atoms with van der Waals surface area (Å²) in [5.41, 5.74) is -0.581. The lowest BCUT2D eigenvalue weighted by molar-refractivity contribution is -0.141. The number of aryl methyl sites for hydroxylation is 1. The van der Waals surface area contributed by atoms with Crippen LogP contribution >= 0.6 is 11.6 Å². The third-order valence-corrected chi connectivity index (χ3v) is 7.49. The normalized spacial score (nSPS) is 27.6. The molecule has 2 N–H and O–H groups in total. The molecule has 0 radical (unpaired) electrons. The zero-order valence-corrected chi connectivity index (χ0v) is 20.3. The van der Waals surface area contributed by atoms with Crippen LogP contribution in [0.4, 0.5) is 29.3 Å². The van der Waals surface area contributed by atoms with E-state index in [9.17, 15) is 18.3 Å². The first-order valence-electron chi connectivity index (χ1n) is 11.4. The summed E-state index contributed by atoms with van der Waals surface area (Å²) < 4.78 is 60.8. The first-order valence-corrected chi connectivity index (χ1v) is 11.8. The first-order chi connectivity index (χ1) is 17.0. The van der Waals surface area contributed by atoms with E-state index in [0.717, 1.165) is 10.7 Å². The van der Waals surface area contributed by atoms with Crippen LogP contribution in [0.1, 0.15) is 30.5 Å². The fourth-order valence-corrected chi connectivity index (χ4v) is 5.24. The van der Waals surface area contributed by atoms with E-state index in [4.69, 9.17) is 16.3 Å². The first kappa shape index (κ1) is 25.1. The van der Waals surface area contributed by atoms with Gasteiger partial charge in [-0.2, -0.15) is 18.3 Å². The molecule has 0 amide bonds. The van der Waals surface area contributed by atoms with E-state index in [-0.39, 0.29) is 24.9 Å². The van der Waals surface area contributed by atoms with Gasteiger partial charge >= 0.3 is 6.18 Å². The minimum Gasteiger partial charge on any atom is -0.389 e. The Balaban J connectivity index is 1.39. The van der Waals surface area contributed by atoms with Gasteiger partial charge in [-0.25, -0.2) is 14.4 Å². The summed E-state index contributed by atoms with van der Waals surface area (Å²) in [5.74, 6) is -0.333. The third-order valence-electron chi connectivity index (χ3n) is 7.16. The van der Waals surface area contributed by atoms with Crippen molar-refractivity contribution >= 4 is 34.3 Å². The number of benzene rings is 1. The van der Waals surface area contributed by atoms with E-state index < -0.39 is 35.6 Å². The highest BCUT2D eigenvalue weighted by molar-refractivity contribution is 6.32. The molecular weight excluding hydrogens is 504 g/mol. The molecule has 0 saturated carbocycles.